The molecule has 0 saturated carbocycles. The molecular weight excluding hydrogens is 264 g/mol. The highest BCUT2D eigenvalue weighted by Crippen LogP contribution is 2.26. The molecule has 0 bridgehead atoms. The Morgan fingerprint density at radius 1 is 1.55 bits per heavy atom. The van der Waals surface area contributed by atoms with Gasteiger partial charge in [-0.05, 0) is 25.5 Å². The molecule has 0 aliphatic heterocycles. The Hall–Kier alpha value is -2.15. The lowest BCUT2D eigenvalue weighted by atomic mass is 9.99. The Morgan fingerprint density at radius 3 is 2.65 bits per heavy atom. The SMILES string of the molecule is CCC(C)(CO)Nc1ccc([N+](=O)[O-])c(C(=O)OC)c1. The second kappa shape index (κ2) is 6.33. The van der Waals surface area contributed by atoms with E-state index in [0.29, 0.717) is 12.1 Å². The molecule has 0 fully saturated rings. The maximum Gasteiger partial charge on any atom is 0.344 e. The lowest BCUT2D eigenvalue weighted by Crippen LogP contribution is -2.38. The Bertz CT molecular complexity index is 511. The maximum atomic E-state index is 11.6. The van der Waals surface area contributed by atoms with Crippen LogP contribution < -0.4 is 5.32 Å². The Morgan fingerprint density at radius 2 is 2.20 bits per heavy atom. The first-order chi connectivity index (χ1) is 9.36. The number of aliphatic hydroxyl groups is 1. The highest BCUT2D eigenvalue weighted by Gasteiger charge is 2.24. The van der Waals surface area contributed by atoms with Gasteiger partial charge in [0.05, 0.1) is 24.2 Å². The quantitative estimate of drug-likeness (QED) is 0.470. The number of esters is 1. The summed E-state index contributed by atoms with van der Waals surface area (Å²) in [6.07, 6.45) is 0.647. The monoisotopic (exact) mass is 282 g/mol. The number of nitrogens with one attached hydrogen (secondary N) is 1. The molecule has 0 aliphatic carbocycles. The lowest BCUT2D eigenvalue weighted by Gasteiger charge is -2.28. The van der Waals surface area contributed by atoms with E-state index in [2.05, 4.69) is 10.1 Å². The van der Waals surface area contributed by atoms with Gasteiger partial charge in [0.1, 0.15) is 5.56 Å². The van der Waals surface area contributed by atoms with E-state index in [1.807, 2.05) is 13.8 Å². The molecule has 0 aromatic heterocycles. The van der Waals surface area contributed by atoms with Gasteiger partial charge < -0.3 is 15.2 Å². The molecule has 7 heteroatoms. The van der Waals surface area contributed by atoms with Crippen molar-refractivity contribution in [2.45, 2.75) is 25.8 Å². The second-order valence-electron chi connectivity index (χ2n) is 4.68. The highest BCUT2D eigenvalue weighted by molar-refractivity contribution is 5.95. The van der Waals surface area contributed by atoms with Crippen LogP contribution >= 0.6 is 0 Å². The summed E-state index contributed by atoms with van der Waals surface area (Å²) >= 11 is 0. The molecule has 20 heavy (non-hydrogen) atoms. The molecule has 1 unspecified atom stereocenters. The van der Waals surface area contributed by atoms with Gasteiger partial charge in [-0.3, -0.25) is 10.1 Å². The van der Waals surface area contributed by atoms with Gasteiger partial charge in [-0.25, -0.2) is 4.79 Å². The molecule has 7 nitrogen and oxygen atoms in total. The number of nitro benzene ring substituents is 1. The third-order valence-corrected chi connectivity index (χ3v) is 3.17. The molecule has 0 aliphatic rings. The van der Waals surface area contributed by atoms with Gasteiger partial charge in [-0.15, -0.1) is 0 Å². The first-order valence-electron chi connectivity index (χ1n) is 6.12. The standard InChI is InChI=1S/C13H18N2O5/c1-4-13(2,8-16)14-9-5-6-11(15(18)19)10(7-9)12(17)20-3/h5-7,14,16H,4,8H2,1-3H3. The van der Waals surface area contributed by atoms with Crippen molar-refractivity contribution in [1.29, 1.82) is 0 Å². The molecule has 1 atom stereocenters. The normalized spacial score (nSPS) is 13.4. The van der Waals surface area contributed by atoms with Crippen molar-refractivity contribution < 1.29 is 19.6 Å². The van der Waals surface area contributed by atoms with E-state index in [1.54, 1.807) is 0 Å². The second-order valence-corrected chi connectivity index (χ2v) is 4.68. The van der Waals surface area contributed by atoms with E-state index in [1.165, 1.54) is 18.2 Å². The molecule has 0 radical (unpaired) electrons. The number of hydrogen-bond donors (Lipinski definition) is 2. The van der Waals surface area contributed by atoms with Crippen molar-refractivity contribution in [2.24, 2.45) is 0 Å². The van der Waals surface area contributed by atoms with Gasteiger partial charge in [0.15, 0.2) is 0 Å². The van der Waals surface area contributed by atoms with Crippen LogP contribution in [0.5, 0.6) is 0 Å². The summed E-state index contributed by atoms with van der Waals surface area (Å²) in [6.45, 7) is 3.61. The van der Waals surface area contributed by atoms with E-state index in [4.69, 9.17) is 0 Å². The lowest BCUT2D eigenvalue weighted by molar-refractivity contribution is -0.385. The molecule has 110 valence electrons. The van der Waals surface area contributed by atoms with Crippen molar-refractivity contribution in [3.05, 3.63) is 33.9 Å². The van der Waals surface area contributed by atoms with Gasteiger partial charge in [0.2, 0.25) is 0 Å². The number of nitrogens with zero attached hydrogens (tertiary/aromatic N) is 1. The van der Waals surface area contributed by atoms with Gasteiger partial charge in [0, 0.05) is 11.8 Å². The zero-order valence-electron chi connectivity index (χ0n) is 11.7. The fourth-order valence-corrected chi connectivity index (χ4v) is 1.63. The first-order valence-corrected chi connectivity index (χ1v) is 6.12. The van der Waals surface area contributed by atoms with E-state index in [0.717, 1.165) is 7.11 Å². The predicted octanol–water partition coefficient (Wildman–Crippen LogP) is 1.95. The summed E-state index contributed by atoms with van der Waals surface area (Å²) in [5.74, 6) is -0.775. The van der Waals surface area contributed by atoms with E-state index in [-0.39, 0.29) is 17.9 Å². The number of rotatable bonds is 6. The number of ether oxygens (including phenoxy) is 1. The van der Waals surface area contributed by atoms with Crippen LogP contribution in [0.4, 0.5) is 11.4 Å². The molecular formula is C13H18N2O5. The number of aliphatic hydroxyl groups excluding tert-OH is 1. The average molecular weight is 282 g/mol. The van der Waals surface area contributed by atoms with E-state index < -0.39 is 16.4 Å². The van der Waals surface area contributed by atoms with Crippen LogP contribution in [-0.2, 0) is 4.74 Å². The van der Waals surface area contributed by atoms with E-state index in [9.17, 15) is 20.0 Å². The van der Waals surface area contributed by atoms with Crippen LogP contribution in [0.25, 0.3) is 0 Å². The van der Waals surface area contributed by atoms with Gasteiger partial charge in [0.25, 0.3) is 5.69 Å². The number of anilines is 1. The highest BCUT2D eigenvalue weighted by atomic mass is 16.6. The third kappa shape index (κ3) is 3.45. The zero-order valence-corrected chi connectivity index (χ0v) is 11.7. The van der Waals surface area contributed by atoms with E-state index >= 15 is 0 Å². The number of hydrogen-bond acceptors (Lipinski definition) is 6. The maximum absolute atomic E-state index is 11.6. The number of carbonyl (C=O) groups is 1. The van der Waals surface area contributed by atoms with Crippen molar-refractivity contribution in [1.82, 2.24) is 0 Å². The van der Waals surface area contributed by atoms with Crippen LogP contribution in [-0.4, -0.2) is 35.3 Å². The predicted molar refractivity (Wildman–Crippen MR) is 73.8 cm³/mol. The molecule has 1 rings (SSSR count). The van der Waals surface area contributed by atoms with Crippen LogP contribution in [0.3, 0.4) is 0 Å². The molecule has 1 aromatic rings. The zero-order chi connectivity index (χ0) is 15.3. The summed E-state index contributed by atoms with van der Waals surface area (Å²) in [5.41, 5.74) is -0.498. The summed E-state index contributed by atoms with van der Waals surface area (Å²) in [5, 5.41) is 23.3. The Labute approximate surface area is 116 Å². The van der Waals surface area contributed by atoms with Crippen LogP contribution in [0.2, 0.25) is 0 Å². The minimum Gasteiger partial charge on any atom is -0.465 e. The molecule has 0 spiro atoms. The molecule has 2 N–H and O–H groups in total. The van der Waals surface area contributed by atoms with Crippen LogP contribution in [0.1, 0.15) is 30.6 Å². The minimum absolute atomic E-state index is 0.103. The van der Waals surface area contributed by atoms with Crippen LogP contribution in [0.15, 0.2) is 18.2 Å². The summed E-state index contributed by atoms with van der Waals surface area (Å²) < 4.78 is 4.54. The molecule has 0 saturated heterocycles. The van der Waals surface area contributed by atoms with Crippen LogP contribution in [0, 0.1) is 10.1 Å². The van der Waals surface area contributed by atoms with Gasteiger partial charge in [-0.1, -0.05) is 6.92 Å². The number of methoxy groups -OCH3 is 1. The van der Waals surface area contributed by atoms with Gasteiger partial charge >= 0.3 is 5.97 Å². The molecule has 1 aromatic carbocycles. The summed E-state index contributed by atoms with van der Waals surface area (Å²) in [4.78, 5) is 21.8. The van der Waals surface area contributed by atoms with Crippen molar-refractivity contribution >= 4 is 17.3 Å². The topological polar surface area (TPSA) is 102 Å². The van der Waals surface area contributed by atoms with Gasteiger partial charge in [-0.2, -0.15) is 0 Å². The Kier molecular flexibility index (Phi) is 5.04. The fraction of sp³-hybridized carbons (Fsp3) is 0.462. The fourth-order valence-electron chi connectivity index (χ4n) is 1.63. The van der Waals surface area contributed by atoms with Crippen molar-refractivity contribution in [2.75, 3.05) is 19.0 Å². The number of nitro groups is 1. The number of carbonyl (C=O) groups excluding carboxylic acids is 1. The molecule has 0 amide bonds. The smallest absolute Gasteiger partial charge is 0.344 e. The first kappa shape index (κ1) is 15.9. The average Bonchev–Trinajstić information content (AvgIpc) is 2.45. The summed E-state index contributed by atoms with van der Waals surface area (Å²) in [7, 11) is 1.16. The Balaban J connectivity index is 3.19. The largest absolute Gasteiger partial charge is 0.465 e. The summed E-state index contributed by atoms with van der Waals surface area (Å²) in [6, 6.07) is 4.09. The molecule has 0 heterocycles. The number of benzene rings is 1. The third-order valence-electron chi connectivity index (χ3n) is 3.17. The van der Waals surface area contributed by atoms with Crippen molar-refractivity contribution in [3.63, 3.8) is 0 Å². The minimum atomic E-state index is -0.775. The van der Waals surface area contributed by atoms with Crippen molar-refractivity contribution in [3.8, 4) is 0 Å².